The fraction of sp³-hybridized carbons (Fsp3) is 0.231. The van der Waals surface area contributed by atoms with Gasteiger partial charge in [-0.3, -0.25) is 10.1 Å². The second-order valence-electron chi connectivity index (χ2n) is 4.13. The van der Waals surface area contributed by atoms with Crippen LogP contribution >= 0.6 is 11.3 Å². The third-order valence-electron chi connectivity index (χ3n) is 2.68. The highest BCUT2D eigenvalue weighted by Crippen LogP contribution is 2.22. The molecule has 1 aromatic carbocycles. The summed E-state index contributed by atoms with van der Waals surface area (Å²) >= 11 is 1.14. The summed E-state index contributed by atoms with van der Waals surface area (Å²) in [4.78, 5) is 10.2. The van der Waals surface area contributed by atoms with Crippen molar-refractivity contribution in [3.63, 3.8) is 0 Å². The number of aliphatic hydroxyl groups excluding tert-OH is 1. The van der Waals surface area contributed by atoms with E-state index in [0.717, 1.165) is 28.0 Å². The average Bonchev–Trinajstić information content (AvgIpc) is 2.89. The van der Waals surface area contributed by atoms with Crippen LogP contribution in [0.25, 0.3) is 0 Å². The maximum absolute atomic E-state index is 10.5. The summed E-state index contributed by atoms with van der Waals surface area (Å²) in [6, 6.07) is 9.26. The molecule has 19 heavy (non-hydrogen) atoms. The highest BCUT2D eigenvalue weighted by Gasteiger charge is 2.08. The summed E-state index contributed by atoms with van der Waals surface area (Å²) in [7, 11) is 0. The predicted octanol–water partition coefficient (Wildman–Crippen LogP) is 2.44. The monoisotopic (exact) mass is 278 g/mol. The minimum atomic E-state index is -0.373. The summed E-state index contributed by atoms with van der Waals surface area (Å²) in [5, 5.41) is 24.7. The molecule has 1 heterocycles. The Hall–Kier alpha value is -1.76. The van der Waals surface area contributed by atoms with Crippen molar-refractivity contribution in [3.05, 3.63) is 62.5 Å². The van der Waals surface area contributed by atoms with E-state index < -0.39 is 0 Å². The first kappa shape index (κ1) is 13.7. The third kappa shape index (κ3) is 3.85. The number of hydrogen-bond donors (Lipinski definition) is 2. The molecule has 0 radical (unpaired) electrons. The first-order valence-corrected chi connectivity index (χ1v) is 6.68. The summed E-state index contributed by atoms with van der Waals surface area (Å²) in [5.74, 6) is 0. The van der Waals surface area contributed by atoms with Gasteiger partial charge in [-0.2, -0.15) is 0 Å². The molecule has 0 saturated carbocycles. The molecule has 0 aliphatic carbocycles. The Kier molecular flexibility index (Phi) is 4.62. The zero-order valence-corrected chi connectivity index (χ0v) is 11.0. The lowest BCUT2D eigenvalue weighted by molar-refractivity contribution is -0.380. The number of benzene rings is 1. The number of thiophene rings is 1. The van der Waals surface area contributed by atoms with Crippen molar-refractivity contribution < 1.29 is 10.0 Å². The number of nitrogens with zero attached hydrogens (tertiary/aromatic N) is 1. The van der Waals surface area contributed by atoms with E-state index in [2.05, 4.69) is 5.32 Å². The lowest BCUT2D eigenvalue weighted by Gasteiger charge is -2.04. The van der Waals surface area contributed by atoms with Gasteiger partial charge in [-0.1, -0.05) is 35.6 Å². The van der Waals surface area contributed by atoms with Crippen LogP contribution in [0.3, 0.4) is 0 Å². The molecule has 1 aromatic heterocycles. The molecule has 0 saturated heterocycles. The Morgan fingerprint density at radius 2 is 1.79 bits per heavy atom. The van der Waals surface area contributed by atoms with Crippen molar-refractivity contribution in [2.75, 3.05) is 0 Å². The van der Waals surface area contributed by atoms with E-state index >= 15 is 0 Å². The largest absolute Gasteiger partial charge is 0.392 e. The van der Waals surface area contributed by atoms with E-state index in [1.54, 1.807) is 11.4 Å². The Morgan fingerprint density at radius 1 is 1.16 bits per heavy atom. The fourth-order valence-electron chi connectivity index (χ4n) is 1.66. The molecule has 0 fully saturated rings. The van der Waals surface area contributed by atoms with Gasteiger partial charge < -0.3 is 10.4 Å². The third-order valence-corrected chi connectivity index (χ3v) is 3.61. The molecular weight excluding hydrogens is 264 g/mol. The van der Waals surface area contributed by atoms with Crippen molar-refractivity contribution in [3.8, 4) is 0 Å². The maximum Gasteiger partial charge on any atom is 0.324 e. The number of nitro groups is 1. The lowest BCUT2D eigenvalue weighted by atomic mass is 10.1. The van der Waals surface area contributed by atoms with Crippen LogP contribution in [0.2, 0.25) is 0 Å². The maximum atomic E-state index is 10.5. The number of hydrogen-bond acceptors (Lipinski definition) is 5. The molecule has 0 amide bonds. The quantitative estimate of drug-likeness (QED) is 0.628. The average molecular weight is 278 g/mol. The second kappa shape index (κ2) is 6.42. The second-order valence-corrected chi connectivity index (χ2v) is 5.02. The molecule has 0 aliphatic rings. The summed E-state index contributed by atoms with van der Waals surface area (Å²) in [5.41, 5.74) is 2.92. The summed E-state index contributed by atoms with van der Waals surface area (Å²) in [6.07, 6.45) is 0. The fourth-order valence-corrected chi connectivity index (χ4v) is 2.39. The van der Waals surface area contributed by atoms with E-state index in [4.69, 9.17) is 5.11 Å². The van der Waals surface area contributed by atoms with Gasteiger partial charge in [0, 0.05) is 24.5 Å². The number of nitrogens with one attached hydrogen (secondary N) is 1. The Balaban J connectivity index is 1.83. The normalized spacial score (nSPS) is 10.6. The zero-order valence-electron chi connectivity index (χ0n) is 10.2. The van der Waals surface area contributed by atoms with Gasteiger partial charge in [-0.25, -0.2) is 0 Å². The molecule has 0 unspecified atom stereocenters. The lowest BCUT2D eigenvalue weighted by Crippen LogP contribution is -2.12. The molecule has 0 bridgehead atoms. The molecule has 100 valence electrons. The summed E-state index contributed by atoms with van der Waals surface area (Å²) in [6.45, 7) is 1.34. The van der Waals surface area contributed by atoms with E-state index in [1.165, 1.54) is 0 Å². The van der Waals surface area contributed by atoms with Gasteiger partial charge in [-0.15, -0.1) is 0 Å². The minimum Gasteiger partial charge on any atom is -0.392 e. The Labute approximate surface area is 114 Å². The van der Waals surface area contributed by atoms with Gasteiger partial charge >= 0.3 is 5.00 Å². The standard InChI is InChI=1S/C13H14N2O3S/c16-8-11-3-1-10(2-4-11)6-14-7-12-5-13(15(17)18)19-9-12/h1-5,9,14,16H,6-8H2. The van der Waals surface area contributed by atoms with Crippen LogP contribution in [0, 0.1) is 10.1 Å². The first-order chi connectivity index (χ1) is 9.19. The van der Waals surface area contributed by atoms with Crippen molar-refractivity contribution in [1.82, 2.24) is 5.32 Å². The van der Waals surface area contributed by atoms with Crippen LogP contribution < -0.4 is 5.32 Å². The molecule has 0 aliphatic heterocycles. The molecule has 5 nitrogen and oxygen atoms in total. The molecule has 0 spiro atoms. The van der Waals surface area contributed by atoms with Crippen LogP contribution in [0.4, 0.5) is 5.00 Å². The number of rotatable bonds is 6. The molecular formula is C13H14N2O3S. The van der Waals surface area contributed by atoms with E-state index in [1.807, 2.05) is 24.3 Å². The van der Waals surface area contributed by atoms with E-state index in [-0.39, 0.29) is 16.5 Å². The smallest absolute Gasteiger partial charge is 0.324 e. The van der Waals surface area contributed by atoms with Gasteiger partial charge in [0.25, 0.3) is 0 Å². The summed E-state index contributed by atoms with van der Waals surface area (Å²) < 4.78 is 0. The highest BCUT2D eigenvalue weighted by atomic mass is 32.1. The van der Waals surface area contributed by atoms with Crippen molar-refractivity contribution in [2.45, 2.75) is 19.7 Å². The molecule has 0 atom stereocenters. The van der Waals surface area contributed by atoms with Crippen molar-refractivity contribution >= 4 is 16.3 Å². The van der Waals surface area contributed by atoms with Crippen LogP contribution in [0.1, 0.15) is 16.7 Å². The van der Waals surface area contributed by atoms with Gasteiger partial charge in [-0.05, 0) is 16.7 Å². The van der Waals surface area contributed by atoms with Crippen LogP contribution in [-0.4, -0.2) is 10.0 Å². The van der Waals surface area contributed by atoms with Crippen LogP contribution in [-0.2, 0) is 19.7 Å². The Morgan fingerprint density at radius 3 is 2.37 bits per heavy atom. The zero-order chi connectivity index (χ0) is 13.7. The SMILES string of the molecule is O=[N+]([O-])c1cc(CNCc2ccc(CO)cc2)cs1. The molecule has 2 rings (SSSR count). The minimum absolute atomic E-state index is 0.0479. The molecule has 6 heteroatoms. The first-order valence-electron chi connectivity index (χ1n) is 5.80. The van der Waals surface area contributed by atoms with Crippen molar-refractivity contribution in [1.29, 1.82) is 0 Å². The van der Waals surface area contributed by atoms with Crippen LogP contribution in [0.15, 0.2) is 35.7 Å². The van der Waals surface area contributed by atoms with E-state index in [9.17, 15) is 10.1 Å². The molecule has 2 aromatic rings. The molecule has 2 N–H and O–H groups in total. The predicted molar refractivity (Wildman–Crippen MR) is 73.9 cm³/mol. The van der Waals surface area contributed by atoms with Crippen LogP contribution in [0.5, 0.6) is 0 Å². The van der Waals surface area contributed by atoms with Gasteiger partial charge in [0.05, 0.1) is 11.5 Å². The van der Waals surface area contributed by atoms with Gasteiger partial charge in [0.15, 0.2) is 0 Å². The Bertz CT molecular complexity index is 551. The number of aliphatic hydroxyl groups is 1. The van der Waals surface area contributed by atoms with E-state index in [0.29, 0.717) is 13.1 Å². The topological polar surface area (TPSA) is 75.4 Å². The highest BCUT2D eigenvalue weighted by molar-refractivity contribution is 7.13. The van der Waals surface area contributed by atoms with Gasteiger partial charge in [0.1, 0.15) is 0 Å². The van der Waals surface area contributed by atoms with Crippen molar-refractivity contribution in [2.24, 2.45) is 0 Å². The van der Waals surface area contributed by atoms with Gasteiger partial charge in [0.2, 0.25) is 0 Å².